The standard InChI is InChI=1S/C4H5F5O3S.C4H12N/c1-2(5)3(6,7)4(8,9)13(10,11)12;1-5(2,3)4/h2H,1H3,(H,10,11,12);1-4H3/q;+1/p-1. The summed E-state index contributed by atoms with van der Waals surface area (Å²) in [5, 5.41) is -5.94. The predicted molar refractivity (Wildman–Crippen MR) is 54.1 cm³/mol. The van der Waals surface area contributed by atoms with Crippen molar-refractivity contribution < 1.29 is 39.4 Å². The van der Waals surface area contributed by atoms with Crippen molar-refractivity contribution >= 4 is 10.1 Å². The van der Waals surface area contributed by atoms with E-state index in [9.17, 15) is 34.9 Å². The van der Waals surface area contributed by atoms with Gasteiger partial charge in [0.25, 0.3) is 0 Å². The number of quaternary nitrogens is 1. The van der Waals surface area contributed by atoms with E-state index in [1.54, 1.807) is 0 Å². The third-order valence-electron chi connectivity index (χ3n) is 1.20. The van der Waals surface area contributed by atoms with Crippen LogP contribution in [0.15, 0.2) is 0 Å². The van der Waals surface area contributed by atoms with Crippen molar-refractivity contribution in [3.63, 3.8) is 0 Å². The van der Waals surface area contributed by atoms with Crippen LogP contribution in [0.25, 0.3) is 0 Å². The second-order valence-corrected chi connectivity index (χ2v) is 6.31. The van der Waals surface area contributed by atoms with Crippen LogP contribution in [0.5, 0.6) is 0 Å². The molecule has 0 aromatic carbocycles. The molecule has 112 valence electrons. The van der Waals surface area contributed by atoms with Crippen LogP contribution in [0, 0.1) is 0 Å². The number of halogens is 5. The molecular weight excluding hydrogens is 285 g/mol. The summed E-state index contributed by atoms with van der Waals surface area (Å²) in [6.07, 6.45) is -3.44. The lowest BCUT2D eigenvalue weighted by Crippen LogP contribution is -2.51. The van der Waals surface area contributed by atoms with Gasteiger partial charge in [-0.25, -0.2) is 12.8 Å². The fourth-order valence-electron chi connectivity index (χ4n) is 0.398. The molecule has 0 fully saturated rings. The summed E-state index contributed by atoms with van der Waals surface area (Å²) in [6, 6.07) is 0. The number of hydrogen-bond acceptors (Lipinski definition) is 3. The number of rotatable bonds is 3. The first-order chi connectivity index (χ1) is 7.44. The highest BCUT2D eigenvalue weighted by molar-refractivity contribution is 7.86. The van der Waals surface area contributed by atoms with Crippen LogP contribution >= 0.6 is 0 Å². The van der Waals surface area contributed by atoms with E-state index in [0.29, 0.717) is 0 Å². The molecule has 4 nitrogen and oxygen atoms in total. The minimum Gasteiger partial charge on any atom is -0.743 e. The van der Waals surface area contributed by atoms with Gasteiger partial charge in [-0.05, 0) is 6.92 Å². The number of alkyl halides is 5. The average Bonchev–Trinajstić information content (AvgIpc) is 1.97. The highest BCUT2D eigenvalue weighted by Gasteiger charge is 2.65. The topological polar surface area (TPSA) is 57.2 Å². The van der Waals surface area contributed by atoms with Crippen molar-refractivity contribution in [1.82, 2.24) is 0 Å². The minimum absolute atomic E-state index is 0.0269. The maximum absolute atomic E-state index is 12.1. The van der Waals surface area contributed by atoms with Gasteiger partial charge in [-0.15, -0.1) is 0 Å². The number of nitrogens with zero attached hydrogens (tertiary/aromatic N) is 1. The molecule has 0 aromatic heterocycles. The van der Waals surface area contributed by atoms with Gasteiger partial charge in [-0.3, -0.25) is 0 Å². The van der Waals surface area contributed by atoms with E-state index in [0.717, 1.165) is 4.48 Å². The Morgan fingerprint density at radius 2 is 1.28 bits per heavy atom. The molecule has 1 atom stereocenters. The second kappa shape index (κ2) is 5.66. The van der Waals surface area contributed by atoms with E-state index >= 15 is 0 Å². The molecular formula is C8H16F5NO3S. The van der Waals surface area contributed by atoms with Crippen LogP contribution in [0.2, 0.25) is 0 Å². The van der Waals surface area contributed by atoms with Crippen molar-refractivity contribution in [1.29, 1.82) is 0 Å². The highest BCUT2D eigenvalue weighted by Crippen LogP contribution is 2.41. The fourth-order valence-corrected chi connectivity index (χ4v) is 0.894. The molecule has 1 unspecified atom stereocenters. The molecule has 0 saturated heterocycles. The van der Waals surface area contributed by atoms with Gasteiger partial charge in [0.1, 0.15) is 0 Å². The zero-order chi connectivity index (χ0) is 15.6. The zero-order valence-corrected chi connectivity index (χ0v) is 11.4. The Labute approximate surface area is 103 Å². The molecule has 0 aliphatic carbocycles. The molecule has 0 rings (SSSR count). The van der Waals surface area contributed by atoms with Gasteiger partial charge in [0.15, 0.2) is 16.3 Å². The first kappa shape index (κ1) is 19.9. The van der Waals surface area contributed by atoms with Crippen LogP contribution < -0.4 is 0 Å². The second-order valence-electron chi connectivity index (χ2n) is 4.89. The SMILES string of the molecule is CC(F)C(F)(F)C(F)(F)S(=O)(=O)[O-].C[N+](C)(C)C. The van der Waals surface area contributed by atoms with Gasteiger partial charge in [0.05, 0.1) is 28.2 Å². The van der Waals surface area contributed by atoms with Crippen LogP contribution in [0.4, 0.5) is 22.0 Å². The van der Waals surface area contributed by atoms with E-state index in [2.05, 4.69) is 28.2 Å². The van der Waals surface area contributed by atoms with Gasteiger partial charge >= 0.3 is 11.2 Å². The van der Waals surface area contributed by atoms with E-state index in [1.165, 1.54) is 0 Å². The molecule has 18 heavy (non-hydrogen) atoms. The molecule has 0 aliphatic rings. The smallest absolute Gasteiger partial charge is 0.399 e. The average molecular weight is 301 g/mol. The lowest BCUT2D eigenvalue weighted by Gasteiger charge is -2.28. The van der Waals surface area contributed by atoms with Crippen LogP contribution in [0.3, 0.4) is 0 Å². The zero-order valence-electron chi connectivity index (χ0n) is 10.5. The van der Waals surface area contributed by atoms with Crippen molar-refractivity contribution in [2.75, 3.05) is 28.2 Å². The Hall–Kier alpha value is -0.480. The summed E-state index contributed by atoms with van der Waals surface area (Å²) in [7, 11) is 1.92. The Balaban J connectivity index is 0. The molecule has 0 spiro atoms. The normalized spacial score (nSPS) is 15.7. The summed E-state index contributed by atoms with van der Waals surface area (Å²) < 4.78 is 90.2. The third-order valence-corrected chi connectivity index (χ3v) is 2.10. The summed E-state index contributed by atoms with van der Waals surface area (Å²) >= 11 is 0. The molecule has 10 heteroatoms. The Morgan fingerprint density at radius 1 is 1.06 bits per heavy atom. The molecule has 0 heterocycles. The van der Waals surface area contributed by atoms with E-state index in [1.807, 2.05) is 0 Å². The molecule has 0 N–H and O–H groups in total. The van der Waals surface area contributed by atoms with E-state index in [-0.39, 0.29) is 6.92 Å². The number of hydrogen-bond donors (Lipinski definition) is 0. The van der Waals surface area contributed by atoms with Gasteiger partial charge < -0.3 is 9.04 Å². The first-order valence-corrected chi connectivity index (χ1v) is 5.99. The highest BCUT2D eigenvalue weighted by atomic mass is 32.2. The predicted octanol–water partition coefficient (Wildman–Crippen LogP) is 1.44. The van der Waals surface area contributed by atoms with Gasteiger partial charge in [0, 0.05) is 0 Å². The van der Waals surface area contributed by atoms with Crippen molar-refractivity contribution in [3.05, 3.63) is 0 Å². The molecule has 0 aliphatic heterocycles. The summed E-state index contributed by atoms with van der Waals surface area (Å²) in [5.74, 6) is -5.52. The summed E-state index contributed by atoms with van der Waals surface area (Å²) in [5.41, 5.74) is 0. The monoisotopic (exact) mass is 301 g/mol. The molecule has 0 radical (unpaired) electrons. The Bertz CT molecular complexity index is 355. The molecule has 0 saturated carbocycles. The fraction of sp³-hybridized carbons (Fsp3) is 1.00. The van der Waals surface area contributed by atoms with Gasteiger partial charge in [-0.2, -0.15) is 17.6 Å². The lowest BCUT2D eigenvalue weighted by molar-refractivity contribution is -0.849. The quantitative estimate of drug-likeness (QED) is 0.450. The van der Waals surface area contributed by atoms with Crippen molar-refractivity contribution in [2.45, 2.75) is 24.3 Å². The van der Waals surface area contributed by atoms with Crippen LogP contribution in [0.1, 0.15) is 6.92 Å². The van der Waals surface area contributed by atoms with E-state index < -0.39 is 27.5 Å². The summed E-state index contributed by atoms with van der Waals surface area (Å²) in [4.78, 5) is 0. The van der Waals surface area contributed by atoms with Crippen molar-refractivity contribution in [3.8, 4) is 0 Å². The van der Waals surface area contributed by atoms with E-state index in [4.69, 9.17) is 0 Å². The molecule has 0 amide bonds. The van der Waals surface area contributed by atoms with Crippen LogP contribution in [-0.2, 0) is 10.1 Å². The largest absolute Gasteiger partial charge is 0.743 e. The molecule has 0 bridgehead atoms. The summed E-state index contributed by atoms with van der Waals surface area (Å²) in [6.45, 7) is 0.0269. The molecule has 0 aromatic rings. The van der Waals surface area contributed by atoms with Crippen LogP contribution in [-0.4, -0.2) is 63.0 Å². The Morgan fingerprint density at radius 3 is 1.33 bits per heavy atom. The van der Waals surface area contributed by atoms with Gasteiger partial charge in [0.2, 0.25) is 0 Å². The minimum atomic E-state index is -6.58. The third kappa shape index (κ3) is 5.91. The van der Waals surface area contributed by atoms with Crippen molar-refractivity contribution in [2.24, 2.45) is 0 Å². The van der Waals surface area contributed by atoms with Gasteiger partial charge in [-0.1, -0.05) is 0 Å². The maximum Gasteiger partial charge on any atom is 0.399 e. The Kier molecular flexibility index (Phi) is 6.24. The lowest BCUT2D eigenvalue weighted by atomic mass is 10.2. The first-order valence-electron chi connectivity index (χ1n) is 4.58. The maximum atomic E-state index is 12.1.